The molecule has 0 unspecified atom stereocenters. The third kappa shape index (κ3) is 6.93. The predicted octanol–water partition coefficient (Wildman–Crippen LogP) is 6.50. The van der Waals surface area contributed by atoms with Gasteiger partial charge in [0, 0.05) is 17.8 Å². The number of aryl methyl sites for hydroxylation is 2. The summed E-state index contributed by atoms with van der Waals surface area (Å²) in [4.78, 5) is 23.1. The van der Waals surface area contributed by atoms with Crippen molar-refractivity contribution in [2.75, 3.05) is 11.9 Å². The van der Waals surface area contributed by atoms with Gasteiger partial charge in [0.25, 0.3) is 11.6 Å². The number of amides is 1. The predicted molar refractivity (Wildman–Crippen MR) is 141 cm³/mol. The van der Waals surface area contributed by atoms with Gasteiger partial charge in [-0.3, -0.25) is 14.9 Å². The number of anilines is 1. The normalized spacial score (nSPS) is 10.9. The first-order valence-corrected chi connectivity index (χ1v) is 11.8. The van der Waals surface area contributed by atoms with Crippen LogP contribution in [0, 0.1) is 35.3 Å². The Hall–Kier alpha value is -4.16. The van der Waals surface area contributed by atoms with Crippen LogP contribution in [0.1, 0.15) is 29.2 Å². The second kappa shape index (κ2) is 12.0. The Morgan fingerprint density at radius 2 is 1.86 bits per heavy atom. The van der Waals surface area contributed by atoms with Crippen LogP contribution in [0.2, 0.25) is 0 Å². The molecule has 0 aliphatic carbocycles. The van der Waals surface area contributed by atoms with Gasteiger partial charge in [0.2, 0.25) is 0 Å². The molecule has 0 aliphatic heterocycles. The SMILES string of the molecule is CCOc1cc(/C=C(\C#N)C(=O)Nc2cccc([N+](=O)[O-])c2)cc(Br)c1OCc1cc(C)cc(C)c1. The zero-order valence-electron chi connectivity index (χ0n) is 20.0. The Morgan fingerprint density at radius 1 is 1.14 bits per heavy atom. The largest absolute Gasteiger partial charge is 0.490 e. The standard InChI is InChI=1S/C27H24BrN3O5/c1-4-35-25-13-19(12-24(28)26(25)36-16-20-9-17(2)8-18(3)10-20)11-21(15-29)27(32)30-22-6-5-7-23(14-22)31(33)34/h5-14H,4,16H2,1-3H3,(H,30,32)/b21-11+. The molecular formula is C27H24BrN3O5. The van der Waals surface area contributed by atoms with E-state index in [2.05, 4.69) is 39.4 Å². The lowest BCUT2D eigenvalue weighted by atomic mass is 10.1. The zero-order chi connectivity index (χ0) is 26.2. The number of nitrogens with zero attached hydrogens (tertiary/aromatic N) is 2. The zero-order valence-corrected chi connectivity index (χ0v) is 21.6. The van der Waals surface area contributed by atoms with Gasteiger partial charge in [0.15, 0.2) is 11.5 Å². The number of benzene rings is 3. The minimum absolute atomic E-state index is 0.169. The molecule has 0 spiro atoms. The van der Waals surface area contributed by atoms with Crippen molar-refractivity contribution in [3.05, 3.63) is 97.0 Å². The van der Waals surface area contributed by atoms with E-state index >= 15 is 0 Å². The second-order valence-corrected chi connectivity index (χ2v) is 8.83. The van der Waals surface area contributed by atoms with E-state index in [0.29, 0.717) is 34.7 Å². The summed E-state index contributed by atoms with van der Waals surface area (Å²) in [6.07, 6.45) is 1.41. The molecule has 1 amide bonds. The van der Waals surface area contributed by atoms with Gasteiger partial charge in [0.1, 0.15) is 18.2 Å². The number of hydrogen-bond donors (Lipinski definition) is 1. The van der Waals surface area contributed by atoms with Crippen molar-refractivity contribution in [2.24, 2.45) is 0 Å². The van der Waals surface area contributed by atoms with Crippen molar-refractivity contribution >= 4 is 39.3 Å². The Labute approximate surface area is 217 Å². The number of carbonyl (C=O) groups is 1. The summed E-state index contributed by atoms with van der Waals surface area (Å²) >= 11 is 3.51. The van der Waals surface area contributed by atoms with E-state index < -0.39 is 10.8 Å². The molecule has 0 radical (unpaired) electrons. The lowest BCUT2D eigenvalue weighted by Crippen LogP contribution is -2.13. The molecule has 8 nitrogen and oxygen atoms in total. The van der Waals surface area contributed by atoms with Gasteiger partial charge in [-0.15, -0.1) is 0 Å². The summed E-state index contributed by atoms with van der Waals surface area (Å²) in [7, 11) is 0. The average molecular weight is 550 g/mol. The fourth-order valence-corrected chi connectivity index (χ4v) is 4.17. The summed E-state index contributed by atoms with van der Waals surface area (Å²) in [6.45, 7) is 6.63. The molecule has 0 atom stereocenters. The Kier molecular flexibility index (Phi) is 8.81. The molecule has 0 saturated heterocycles. The molecule has 0 heterocycles. The van der Waals surface area contributed by atoms with Gasteiger partial charge in [0.05, 0.1) is 16.0 Å². The van der Waals surface area contributed by atoms with E-state index in [-0.39, 0.29) is 16.9 Å². The van der Waals surface area contributed by atoms with E-state index in [0.717, 1.165) is 16.7 Å². The third-order valence-electron chi connectivity index (χ3n) is 4.99. The van der Waals surface area contributed by atoms with Crippen LogP contribution in [0.15, 0.2) is 64.6 Å². The molecule has 0 aromatic heterocycles. The van der Waals surface area contributed by atoms with E-state index in [9.17, 15) is 20.2 Å². The first kappa shape index (κ1) is 26.4. The number of halogens is 1. The van der Waals surface area contributed by atoms with Crippen LogP contribution in [-0.4, -0.2) is 17.4 Å². The van der Waals surface area contributed by atoms with E-state index in [1.165, 1.54) is 30.3 Å². The number of rotatable bonds is 9. The molecule has 1 N–H and O–H groups in total. The van der Waals surface area contributed by atoms with Crippen LogP contribution in [0.5, 0.6) is 11.5 Å². The Balaban J connectivity index is 1.85. The summed E-state index contributed by atoms with van der Waals surface area (Å²) in [5.74, 6) is 0.272. The fourth-order valence-electron chi connectivity index (χ4n) is 3.59. The minimum atomic E-state index is -0.692. The number of ether oxygens (including phenoxy) is 2. The maximum atomic E-state index is 12.7. The highest BCUT2D eigenvalue weighted by molar-refractivity contribution is 9.10. The number of nitro benzene ring substituents is 1. The summed E-state index contributed by atoms with van der Waals surface area (Å²) in [5.41, 5.74) is 3.71. The number of hydrogen-bond acceptors (Lipinski definition) is 6. The van der Waals surface area contributed by atoms with Crippen LogP contribution >= 0.6 is 15.9 Å². The average Bonchev–Trinajstić information content (AvgIpc) is 2.81. The number of nitriles is 1. The monoisotopic (exact) mass is 549 g/mol. The highest BCUT2D eigenvalue weighted by Gasteiger charge is 2.16. The van der Waals surface area contributed by atoms with Crippen molar-refractivity contribution in [2.45, 2.75) is 27.4 Å². The molecule has 184 valence electrons. The highest BCUT2D eigenvalue weighted by Crippen LogP contribution is 2.38. The van der Waals surface area contributed by atoms with Crippen LogP contribution in [-0.2, 0) is 11.4 Å². The molecule has 3 rings (SSSR count). The number of non-ortho nitro benzene ring substituents is 1. The van der Waals surface area contributed by atoms with E-state index in [1.54, 1.807) is 12.1 Å². The first-order valence-electron chi connectivity index (χ1n) is 11.0. The van der Waals surface area contributed by atoms with Crippen molar-refractivity contribution in [3.63, 3.8) is 0 Å². The number of nitrogens with one attached hydrogen (secondary N) is 1. The summed E-state index contributed by atoms with van der Waals surface area (Å²) in [6, 6.07) is 17.0. The summed E-state index contributed by atoms with van der Waals surface area (Å²) < 4.78 is 12.4. The molecule has 36 heavy (non-hydrogen) atoms. The van der Waals surface area contributed by atoms with Gasteiger partial charge >= 0.3 is 0 Å². The highest BCUT2D eigenvalue weighted by atomic mass is 79.9. The maximum Gasteiger partial charge on any atom is 0.271 e. The van der Waals surface area contributed by atoms with Crippen molar-refractivity contribution in [3.8, 4) is 17.6 Å². The molecule has 9 heteroatoms. The van der Waals surface area contributed by atoms with Crippen LogP contribution in [0.3, 0.4) is 0 Å². The van der Waals surface area contributed by atoms with Gasteiger partial charge in [-0.05, 0) is 72.1 Å². The second-order valence-electron chi connectivity index (χ2n) is 7.98. The third-order valence-corrected chi connectivity index (χ3v) is 5.58. The first-order chi connectivity index (χ1) is 17.2. The van der Waals surface area contributed by atoms with Crippen molar-refractivity contribution < 1.29 is 19.2 Å². The number of carbonyl (C=O) groups excluding carboxylic acids is 1. The molecule has 0 saturated carbocycles. The fraction of sp³-hybridized carbons (Fsp3) is 0.185. The van der Waals surface area contributed by atoms with Gasteiger partial charge in [-0.1, -0.05) is 35.4 Å². The molecule has 0 aliphatic rings. The van der Waals surface area contributed by atoms with Gasteiger partial charge < -0.3 is 14.8 Å². The van der Waals surface area contributed by atoms with Gasteiger partial charge in [-0.2, -0.15) is 5.26 Å². The van der Waals surface area contributed by atoms with Crippen molar-refractivity contribution in [1.29, 1.82) is 5.26 Å². The van der Waals surface area contributed by atoms with E-state index in [4.69, 9.17) is 9.47 Å². The van der Waals surface area contributed by atoms with Crippen LogP contribution in [0.25, 0.3) is 6.08 Å². The summed E-state index contributed by atoms with van der Waals surface area (Å²) in [5, 5.41) is 23.1. The molecule has 0 bridgehead atoms. The van der Waals surface area contributed by atoms with E-state index in [1.807, 2.05) is 26.8 Å². The van der Waals surface area contributed by atoms with Crippen LogP contribution < -0.4 is 14.8 Å². The van der Waals surface area contributed by atoms with Crippen molar-refractivity contribution in [1.82, 2.24) is 0 Å². The van der Waals surface area contributed by atoms with Crippen LogP contribution in [0.4, 0.5) is 11.4 Å². The molecule has 3 aromatic rings. The van der Waals surface area contributed by atoms with Gasteiger partial charge in [-0.25, -0.2) is 0 Å². The Bertz CT molecular complexity index is 1360. The molecule has 3 aromatic carbocycles. The molecule has 0 fully saturated rings. The number of nitro groups is 1. The topological polar surface area (TPSA) is 114 Å². The lowest BCUT2D eigenvalue weighted by molar-refractivity contribution is -0.384. The minimum Gasteiger partial charge on any atom is -0.490 e. The molecular weight excluding hydrogens is 526 g/mol. The smallest absolute Gasteiger partial charge is 0.271 e. The quantitative estimate of drug-likeness (QED) is 0.141. The maximum absolute atomic E-state index is 12.7. The lowest BCUT2D eigenvalue weighted by Gasteiger charge is -2.15. The Morgan fingerprint density at radius 3 is 2.50 bits per heavy atom.